The number of hydrogen-bond donors (Lipinski definition) is 0. The van der Waals surface area contributed by atoms with E-state index in [0.717, 1.165) is 25.0 Å². The lowest BCUT2D eigenvalue weighted by molar-refractivity contribution is -0.145. The number of benzene rings is 1. The van der Waals surface area contributed by atoms with Crippen molar-refractivity contribution < 1.29 is 14.3 Å². The minimum atomic E-state index is -0.133. The Morgan fingerprint density at radius 3 is 2.33 bits per heavy atom. The zero-order valence-corrected chi connectivity index (χ0v) is 13.6. The number of carbonyl (C=O) groups excluding carboxylic acids is 1. The third-order valence-corrected chi connectivity index (χ3v) is 5.09. The lowest BCUT2D eigenvalue weighted by Crippen LogP contribution is -2.39. The Bertz CT molecular complexity index is 490. The van der Waals surface area contributed by atoms with Crippen molar-refractivity contribution >= 4 is 5.97 Å². The van der Waals surface area contributed by atoms with Gasteiger partial charge in [-0.2, -0.15) is 0 Å². The molecule has 0 bridgehead atoms. The van der Waals surface area contributed by atoms with Crippen molar-refractivity contribution in [1.82, 2.24) is 0 Å². The Morgan fingerprint density at radius 2 is 1.86 bits per heavy atom. The summed E-state index contributed by atoms with van der Waals surface area (Å²) in [7, 11) is 1.67. The average Bonchev–Trinajstić information content (AvgIpc) is 2.75. The molecule has 0 saturated heterocycles. The Labute approximate surface area is 127 Å². The molecule has 0 spiro atoms. The third-order valence-electron chi connectivity index (χ3n) is 5.09. The van der Waals surface area contributed by atoms with E-state index in [0.29, 0.717) is 13.0 Å². The summed E-state index contributed by atoms with van der Waals surface area (Å²) in [5, 5.41) is 0. The lowest BCUT2D eigenvalue weighted by atomic mass is 9.62. The molecule has 1 aromatic carbocycles. The second-order valence-electron chi connectivity index (χ2n) is 6.53. The van der Waals surface area contributed by atoms with Crippen LogP contribution in [0.1, 0.15) is 52.0 Å². The van der Waals surface area contributed by atoms with Crippen LogP contribution >= 0.6 is 0 Å². The van der Waals surface area contributed by atoms with E-state index in [4.69, 9.17) is 9.47 Å². The van der Waals surface area contributed by atoms with E-state index in [2.05, 4.69) is 26.0 Å². The summed E-state index contributed by atoms with van der Waals surface area (Å²) in [5.41, 5.74) is 1.18. The van der Waals surface area contributed by atoms with E-state index >= 15 is 0 Å². The van der Waals surface area contributed by atoms with Crippen molar-refractivity contribution in [3.63, 3.8) is 0 Å². The van der Waals surface area contributed by atoms with Crippen molar-refractivity contribution in [2.24, 2.45) is 5.41 Å². The largest absolute Gasteiger partial charge is 0.497 e. The molecule has 1 saturated carbocycles. The molecule has 21 heavy (non-hydrogen) atoms. The van der Waals surface area contributed by atoms with Gasteiger partial charge in [0.1, 0.15) is 5.75 Å². The second kappa shape index (κ2) is 6.08. The highest BCUT2D eigenvalue weighted by Crippen LogP contribution is 2.56. The molecule has 0 radical (unpaired) electrons. The van der Waals surface area contributed by atoms with Gasteiger partial charge in [-0.25, -0.2) is 0 Å². The fourth-order valence-electron chi connectivity index (χ4n) is 3.74. The highest BCUT2D eigenvalue weighted by Gasteiger charge is 2.51. The summed E-state index contributed by atoms with van der Waals surface area (Å²) in [6.45, 7) is 6.84. The normalized spacial score (nSPS) is 23.8. The van der Waals surface area contributed by atoms with Crippen LogP contribution in [0.25, 0.3) is 0 Å². The number of hydrogen-bond acceptors (Lipinski definition) is 3. The summed E-state index contributed by atoms with van der Waals surface area (Å²) in [6, 6.07) is 8.17. The number of esters is 1. The second-order valence-corrected chi connectivity index (χ2v) is 6.53. The standard InChI is InChI=1S/C18H26O3/c1-5-21-16(19)13-18(12-6-11-17(18,2)3)14-7-9-15(20-4)10-8-14/h7-10H,5-6,11-13H2,1-4H3. The van der Waals surface area contributed by atoms with Gasteiger partial charge in [-0.3, -0.25) is 4.79 Å². The molecule has 0 N–H and O–H groups in total. The van der Waals surface area contributed by atoms with Crippen LogP contribution in [0, 0.1) is 5.41 Å². The smallest absolute Gasteiger partial charge is 0.306 e. The molecule has 0 aliphatic heterocycles. The van der Waals surface area contributed by atoms with Crippen molar-refractivity contribution in [3.8, 4) is 5.75 Å². The molecule has 1 aliphatic carbocycles. The zero-order valence-electron chi connectivity index (χ0n) is 13.6. The fourth-order valence-corrected chi connectivity index (χ4v) is 3.74. The Kier molecular flexibility index (Phi) is 4.60. The zero-order chi connectivity index (χ0) is 15.5. The molecule has 1 fully saturated rings. The van der Waals surface area contributed by atoms with Crippen LogP contribution < -0.4 is 4.74 Å². The number of methoxy groups -OCH3 is 1. The first kappa shape index (κ1) is 15.9. The van der Waals surface area contributed by atoms with Gasteiger partial charge >= 0.3 is 5.97 Å². The highest BCUT2D eigenvalue weighted by molar-refractivity contribution is 5.72. The average molecular weight is 290 g/mol. The van der Waals surface area contributed by atoms with Crippen LogP contribution in [0.5, 0.6) is 5.75 Å². The summed E-state index contributed by atoms with van der Waals surface area (Å²) in [5.74, 6) is 0.754. The van der Waals surface area contributed by atoms with Crippen LogP contribution in [-0.2, 0) is 14.9 Å². The van der Waals surface area contributed by atoms with Crippen molar-refractivity contribution in [2.45, 2.75) is 51.9 Å². The molecular weight excluding hydrogens is 264 g/mol. The van der Waals surface area contributed by atoms with Gasteiger partial charge in [0.05, 0.1) is 20.1 Å². The van der Waals surface area contributed by atoms with Gasteiger partial charge < -0.3 is 9.47 Å². The lowest BCUT2D eigenvalue weighted by Gasteiger charge is -2.41. The molecule has 3 nitrogen and oxygen atoms in total. The van der Waals surface area contributed by atoms with Crippen LogP contribution in [0.3, 0.4) is 0 Å². The van der Waals surface area contributed by atoms with Gasteiger partial charge in [0.2, 0.25) is 0 Å². The monoisotopic (exact) mass is 290 g/mol. The molecule has 116 valence electrons. The molecule has 2 rings (SSSR count). The predicted molar refractivity (Wildman–Crippen MR) is 83.6 cm³/mol. The Morgan fingerprint density at radius 1 is 1.19 bits per heavy atom. The summed E-state index contributed by atoms with van der Waals surface area (Å²) in [6.07, 6.45) is 3.78. The predicted octanol–water partition coefficient (Wildman–Crippen LogP) is 4.10. The van der Waals surface area contributed by atoms with Crippen molar-refractivity contribution in [2.75, 3.05) is 13.7 Å². The van der Waals surface area contributed by atoms with E-state index in [1.165, 1.54) is 5.56 Å². The van der Waals surface area contributed by atoms with Gasteiger partial charge in [-0.15, -0.1) is 0 Å². The molecule has 1 aromatic rings. The summed E-state index contributed by atoms with van der Waals surface area (Å²) >= 11 is 0. The molecule has 1 atom stereocenters. The summed E-state index contributed by atoms with van der Waals surface area (Å²) in [4.78, 5) is 12.1. The first-order valence-electron chi connectivity index (χ1n) is 7.75. The minimum absolute atomic E-state index is 0.0916. The number of carbonyl (C=O) groups is 1. The SMILES string of the molecule is CCOC(=O)CC1(c2ccc(OC)cc2)CCCC1(C)C. The summed E-state index contributed by atoms with van der Waals surface area (Å²) < 4.78 is 10.5. The molecular formula is C18H26O3. The minimum Gasteiger partial charge on any atom is -0.497 e. The molecule has 0 amide bonds. The first-order valence-corrected chi connectivity index (χ1v) is 7.75. The van der Waals surface area contributed by atoms with Crippen molar-refractivity contribution in [1.29, 1.82) is 0 Å². The molecule has 3 heteroatoms. The molecule has 0 heterocycles. The van der Waals surface area contributed by atoms with E-state index < -0.39 is 0 Å². The van der Waals surface area contributed by atoms with E-state index in [-0.39, 0.29) is 16.8 Å². The van der Waals surface area contributed by atoms with E-state index in [1.54, 1.807) is 7.11 Å². The van der Waals surface area contributed by atoms with Gasteiger partial charge in [-0.1, -0.05) is 32.4 Å². The maximum Gasteiger partial charge on any atom is 0.306 e. The van der Waals surface area contributed by atoms with Gasteiger partial charge in [0.15, 0.2) is 0 Å². The third kappa shape index (κ3) is 2.92. The Hall–Kier alpha value is -1.51. The van der Waals surface area contributed by atoms with Gasteiger partial charge in [0, 0.05) is 5.41 Å². The van der Waals surface area contributed by atoms with Crippen LogP contribution in [0.2, 0.25) is 0 Å². The maximum absolute atomic E-state index is 12.1. The molecule has 0 aromatic heterocycles. The van der Waals surface area contributed by atoms with Gasteiger partial charge in [-0.05, 0) is 42.9 Å². The number of rotatable bonds is 5. The quantitative estimate of drug-likeness (QED) is 0.766. The Balaban J connectivity index is 2.38. The fraction of sp³-hybridized carbons (Fsp3) is 0.611. The van der Waals surface area contributed by atoms with Crippen LogP contribution in [0.4, 0.5) is 0 Å². The molecule has 1 unspecified atom stereocenters. The maximum atomic E-state index is 12.1. The first-order chi connectivity index (χ1) is 9.95. The highest BCUT2D eigenvalue weighted by atomic mass is 16.5. The van der Waals surface area contributed by atoms with Crippen LogP contribution in [-0.4, -0.2) is 19.7 Å². The van der Waals surface area contributed by atoms with Crippen molar-refractivity contribution in [3.05, 3.63) is 29.8 Å². The van der Waals surface area contributed by atoms with E-state index in [9.17, 15) is 4.79 Å². The number of ether oxygens (including phenoxy) is 2. The van der Waals surface area contributed by atoms with E-state index in [1.807, 2.05) is 19.1 Å². The van der Waals surface area contributed by atoms with Crippen LogP contribution in [0.15, 0.2) is 24.3 Å². The topological polar surface area (TPSA) is 35.5 Å². The molecule has 1 aliphatic rings. The van der Waals surface area contributed by atoms with Gasteiger partial charge in [0.25, 0.3) is 0 Å².